The third-order valence-electron chi connectivity index (χ3n) is 3.03. The van der Waals surface area contributed by atoms with E-state index in [2.05, 4.69) is 19.8 Å². The number of piperazine rings is 1. The van der Waals surface area contributed by atoms with Gasteiger partial charge in [0.1, 0.15) is 0 Å². The zero-order valence-corrected chi connectivity index (χ0v) is 10.9. The van der Waals surface area contributed by atoms with Gasteiger partial charge in [-0.3, -0.25) is 9.88 Å². The lowest BCUT2D eigenvalue weighted by Gasteiger charge is -2.34. The molecule has 0 radical (unpaired) electrons. The van der Waals surface area contributed by atoms with Gasteiger partial charge in [0.25, 0.3) is 0 Å². The molecule has 0 unspecified atom stereocenters. The van der Waals surface area contributed by atoms with E-state index in [0.717, 1.165) is 45.1 Å². The highest BCUT2D eigenvalue weighted by molar-refractivity contribution is 5.38. The van der Waals surface area contributed by atoms with Crippen molar-refractivity contribution in [3.63, 3.8) is 0 Å². The Morgan fingerprint density at radius 1 is 1.28 bits per heavy atom. The number of hydrogen-bond donors (Lipinski definition) is 1. The van der Waals surface area contributed by atoms with Crippen molar-refractivity contribution in [2.75, 3.05) is 50.8 Å². The van der Waals surface area contributed by atoms with E-state index >= 15 is 0 Å². The average Bonchev–Trinajstić information content (AvgIpc) is 2.41. The van der Waals surface area contributed by atoms with Crippen LogP contribution in [0.4, 0.5) is 5.82 Å². The SMILES string of the molecule is CCOc1cncc(N2CCN(CCN)CC2)n1. The Labute approximate surface area is 108 Å². The summed E-state index contributed by atoms with van der Waals surface area (Å²) in [6.45, 7) is 8.23. The summed E-state index contributed by atoms with van der Waals surface area (Å²) in [6.07, 6.45) is 3.44. The summed E-state index contributed by atoms with van der Waals surface area (Å²) in [7, 11) is 0. The highest BCUT2D eigenvalue weighted by atomic mass is 16.5. The third-order valence-corrected chi connectivity index (χ3v) is 3.03. The van der Waals surface area contributed by atoms with E-state index < -0.39 is 0 Å². The first-order valence-corrected chi connectivity index (χ1v) is 6.45. The molecular weight excluding hydrogens is 230 g/mol. The van der Waals surface area contributed by atoms with Gasteiger partial charge in [0.15, 0.2) is 5.82 Å². The summed E-state index contributed by atoms with van der Waals surface area (Å²) in [5, 5.41) is 0. The number of hydrogen-bond acceptors (Lipinski definition) is 6. The van der Waals surface area contributed by atoms with Crippen LogP contribution in [0.2, 0.25) is 0 Å². The van der Waals surface area contributed by atoms with Crippen molar-refractivity contribution >= 4 is 5.82 Å². The van der Waals surface area contributed by atoms with Gasteiger partial charge in [0.05, 0.1) is 19.0 Å². The fraction of sp³-hybridized carbons (Fsp3) is 0.667. The molecule has 0 aliphatic carbocycles. The molecule has 1 saturated heterocycles. The maximum Gasteiger partial charge on any atom is 0.234 e. The van der Waals surface area contributed by atoms with Gasteiger partial charge in [0, 0.05) is 39.3 Å². The van der Waals surface area contributed by atoms with Gasteiger partial charge in [-0.15, -0.1) is 0 Å². The average molecular weight is 251 g/mol. The monoisotopic (exact) mass is 251 g/mol. The molecule has 100 valence electrons. The van der Waals surface area contributed by atoms with Crippen molar-refractivity contribution in [1.29, 1.82) is 0 Å². The Hall–Kier alpha value is -1.40. The lowest BCUT2D eigenvalue weighted by molar-refractivity contribution is 0.263. The van der Waals surface area contributed by atoms with Crippen LogP contribution in [0.1, 0.15) is 6.92 Å². The predicted molar refractivity (Wildman–Crippen MR) is 70.9 cm³/mol. The topological polar surface area (TPSA) is 67.5 Å². The first-order valence-electron chi connectivity index (χ1n) is 6.45. The van der Waals surface area contributed by atoms with E-state index in [9.17, 15) is 0 Å². The van der Waals surface area contributed by atoms with E-state index in [4.69, 9.17) is 10.5 Å². The van der Waals surface area contributed by atoms with Crippen molar-refractivity contribution in [2.45, 2.75) is 6.92 Å². The zero-order valence-electron chi connectivity index (χ0n) is 10.9. The molecule has 1 aliphatic heterocycles. The van der Waals surface area contributed by atoms with Crippen LogP contribution in [0.15, 0.2) is 12.4 Å². The van der Waals surface area contributed by atoms with Crippen LogP contribution in [-0.2, 0) is 0 Å². The summed E-state index contributed by atoms with van der Waals surface area (Å²) in [5.74, 6) is 1.49. The molecular formula is C12H21N5O. The highest BCUT2D eigenvalue weighted by Gasteiger charge is 2.17. The second-order valence-corrected chi connectivity index (χ2v) is 4.27. The smallest absolute Gasteiger partial charge is 0.234 e. The number of aromatic nitrogens is 2. The standard InChI is InChI=1S/C12H21N5O/c1-2-18-12-10-14-9-11(15-12)17-7-5-16(4-3-13)6-8-17/h9-10H,2-8,13H2,1H3. The number of nitrogens with zero attached hydrogens (tertiary/aromatic N) is 4. The molecule has 1 aromatic heterocycles. The Balaban J connectivity index is 1.94. The molecule has 6 heteroatoms. The van der Waals surface area contributed by atoms with Gasteiger partial charge in [-0.05, 0) is 6.92 Å². The predicted octanol–water partition coefficient (Wildman–Crippen LogP) is -0.0440. The summed E-state index contributed by atoms with van der Waals surface area (Å²) in [5.41, 5.74) is 5.56. The molecule has 0 spiro atoms. The molecule has 0 saturated carbocycles. The van der Waals surface area contributed by atoms with Crippen molar-refractivity contribution < 1.29 is 4.74 Å². The first-order chi connectivity index (χ1) is 8.83. The van der Waals surface area contributed by atoms with Gasteiger partial charge in [-0.1, -0.05) is 0 Å². The molecule has 2 heterocycles. The van der Waals surface area contributed by atoms with Crippen molar-refractivity contribution in [1.82, 2.24) is 14.9 Å². The van der Waals surface area contributed by atoms with Gasteiger partial charge in [0.2, 0.25) is 5.88 Å². The van der Waals surface area contributed by atoms with E-state index in [-0.39, 0.29) is 0 Å². The summed E-state index contributed by atoms with van der Waals surface area (Å²) < 4.78 is 5.37. The number of rotatable bonds is 5. The fourth-order valence-corrected chi connectivity index (χ4v) is 2.09. The van der Waals surface area contributed by atoms with Crippen LogP contribution in [-0.4, -0.2) is 60.7 Å². The molecule has 6 nitrogen and oxygen atoms in total. The second kappa shape index (κ2) is 6.51. The molecule has 18 heavy (non-hydrogen) atoms. The Kier molecular flexibility index (Phi) is 4.72. The Morgan fingerprint density at radius 3 is 2.72 bits per heavy atom. The molecule has 0 atom stereocenters. The molecule has 0 bridgehead atoms. The van der Waals surface area contributed by atoms with Gasteiger partial charge in [-0.25, -0.2) is 0 Å². The van der Waals surface area contributed by atoms with E-state index in [1.807, 2.05) is 6.92 Å². The zero-order chi connectivity index (χ0) is 12.8. The molecule has 1 aromatic rings. The quantitative estimate of drug-likeness (QED) is 0.792. The van der Waals surface area contributed by atoms with Crippen molar-refractivity contribution in [2.24, 2.45) is 5.73 Å². The van der Waals surface area contributed by atoms with Crippen LogP contribution < -0.4 is 15.4 Å². The number of nitrogens with two attached hydrogens (primary N) is 1. The van der Waals surface area contributed by atoms with Crippen LogP contribution in [0, 0.1) is 0 Å². The second-order valence-electron chi connectivity index (χ2n) is 4.27. The minimum absolute atomic E-state index is 0.597. The van der Waals surface area contributed by atoms with Crippen LogP contribution in [0.3, 0.4) is 0 Å². The summed E-state index contributed by atoms with van der Waals surface area (Å²) >= 11 is 0. The van der Waals surface area contributed by atoms with E-state index in [1.54, 1.807) is 12.4 Å². The molecule has 2 N–H and O–H groups in total. The molecule has 1 aliphatic rings. The largest absolute Gasteiger partial charge is 0.477 e. The van der Waals surface area contributed by atoms with Crippen molar-refractivity contribution in [3.05, 3.63) is 12.4 Å². The minimum Gasteiger partial charge on any atom is -0.477 e. The Bertz CT molecular complexity index is 365. The number of ether oxygens (including phenoxy) is 1. The molecule has 0 amide bonds. The minimum atomic E-state index is 0.597. The van der Waals surface area contributed by atoms with E-state index in [0.29, 0.717) is 12.5 Å². The van der Waals surface area contributed by atoms with Crippen LogP contribution >= 0.6 is 0 Å². The maximum absolute atomic E-state index is 5.56. The summed E-state index contributed by atoms with van der Waals surface area (Å²) in [6, 6.07) is 0. The Morgan fingerprint density at radius 2 is 2.06 bits per heavy atom. The molecule has 2 rings (SSSR count). The van der Waals surface area contributed by atoms with Gasteiger partial charge in [-0.2, -0.15) is 4.98 Å². The normalized spacial score (nSPS) is 16.9. The fourth-order valence-electron chi connectivity index (χ4n) is 2.09. The summed E-state index contributed by atoms with van der Waals surface area (Å²) in [4.78, 5) is 13.2. The lowest BCUT2D eigenvalue weighted by Crippen LogP contribution is -2.48. The lowest BCUT2D eigenvalue weighted by atomic mass is 10.3. The van der Waals surface area contributed by atoms with Crippen molar-refractivity contribution in [3.8, 4) is 5.88 Å². The van der Waals surface area contributed by atoms with E-state index in [1.165, 1.54) is 0 Å². The van der Waals surface area contributed by atoms with Gasteiger partial charge >= 0.3 is 0 Å². The third kappa shape index (κ3) is 3.30. The first kappa shape index (κ1) is 13.0. The molecule has 1 fully saturated rings. The number of anilines is 1. The van der Waals surface area contributed by atoms with Crippen LogP contribution in [0.25, 0.3) is 0 Å². The highest BCUT2D eigenvalue weighted by Crippen LogP contribution is 2.15. The van der Waals surface area contributed by atoms with Crippen LogP contribution in [0.5, 0.6) is 5.88 Å². The maximum atomic E-state index is 5.56. The molecule has 0 aromatic carbocycles. The van der Waals surface area contributed by atoms with Gasteiger partial charge < -0.3 is 15.4 Å².